The first-order valence-electron chi connectivity index (χ1n) is 11.5. The molecule has 3 rings (SSSR count). The van der Waals surface area contributed by atoms with Crippen LogP contribution in [0.1, 0.15) is 58.3 Å². The number of hydrogen-bond donors (Lipinski definition) is 4. The summed E-state index contributed by atoms with van der Waals surface area (Å²) in [5.41, 5.74) is 1.07. The lowest BCUT2D eigenvalue weighted by Crippen LogP contribution is -2.57. The van der Waals surface area contributed by atoms with Crippen LogP contribution >= 0.6 is 11.8 Å². The van der Waals surface area contributed by atoms with E-state index in [0.29, 0.717) is 5.16 Å². The molecule has 1 aromatic heterocycles. The Bertz CT molecular complexity index is 799. The Morgan fingerprint density at radius 2 is 1.61 bits per heavy atom. The summed E-state index contributed by atoms with van der Waals surface area (Å²) in [6.07, 6.45) is 4.98. The van der Waals surface area contributed by atoms with E-state index in [2.05, 4.69) is 11.5 Å². The molecule has 0 aliphatic carbocycles. The van der Waals surface area contributed by atoms with E-state index in [9.17, 15) is 20.4 Å². The highest BCUT2D eigenvalue weighted by Gasteiger charge is 2.44. The topological polar surface area (TPSA) is 108 Å². The minimum Gasteiger partial charge on any atom is -0.394 e. The summed E-state index contributed by atoms with van der Waals surface area (Å²) in [5, 5.41) is 40.7. The van der Waals surface area contributed by atoms with Gasteiger partial charge in [0.25, 0.3) is 0 Å². The van der Waals surface area contributed by atoms with Crippen LogP contribution in [-0.4, -0.2) is 66.4 Å². The number of hydrogen-bond acceptors (Lipinski definition) is 7. The van der Waals surface area contributed by atoms with Gasteiger partial charge in [-0.05, 0) is 18.6 Å². The number of aromatic nitrogens is 2. The Morgan fingerprint density at radius 1 is 0.935 bits per heavy atom. The van der Waals surface area contributed by atoms with Crippen LogP contribution in [0.2, 0.25) is 0 Å². The van der Waals surface area contributed by atoms with Crippen molar-refractivity contribution < 1.29 is 25.2 Å². The maximum atomic E-state index is 10.4. The van der Waals surface area contributed by atoms with E-state index in [1.54, 1.807) is 0 Å². The van der Waals surface area contributed by atoms with Crippen molar-refractivity contribution in [1.29, 1.82) is 0 Å². The number of benzene rings is 1. The van der Waals surface area contributed by atoms with Gasteiger partial charge in [0.15, 0.2) is 5.16 Å². The second-order valence-corrected chi connectivity index (χ2v) is 9.39. The van der Waals surface area contributed by atoms with Gasteiger partial charge in [-0.2, -0.15) is 0 Å². The zero-order valence-electron chi connectivity index (χ0n) is 18.3. The van der Waals surface area contributed by atoms with Crippen molar-refractivity contribution in [1.82, 2.24) is 9.55 Å². The number of aryl methyl sites for hydroxylation is 1. The standard InChI is InChI=1S/C23H36N2O5S/c1-2-3-4-5-6-7-8-11-14-25-17-13-10-9-12-16(17)24-23(25)31-22-21(29)20(28)19(27)18(15-26)30-22/h9-10,12-13,18-22,26-29H,2-8,11,14-15H2,1H3. The van der Waals surface area contributed by atoms with Crippen molar-refractivity contribution in [2.24, 2.45) is 0 Å². The van der Waals surface area contributed by atoms with E-state index in [1.807, 2.05) is 24.3 Å². The molecule has 7 nitrogen and oxygen atoms in total. The van der Waals surface area contributed by atoms with E-state index >= 15 is 0 Å². The fourth-order valence-corrected chi connectivity index (χ4v) is 5.21. The van der Waals surface area contributed by atoms with Gasteiger partial charge in [-0.3, -0.25) is 0 Å². The number of rotatable bonds is 12. The molecule has 0 saturated carbocycles. The van der Waals surface area contributed by atoms with Crippen LogP contribution in [0.3, 0.4) is 0 Å². The SMILES string of the molecule is CCCCCCCCCCn1c(SC2OC(CO)C(O)C(O)C2O)nc2ccccc21. The van der Waals surface area contributed by atoms with Crippen LogP contribution in [0, 0.1) is 0 Å². The molecular weight excluding hydrogens is 416 g/mol. The monoisotopic (exact) mass is 452 g/mol. The molecule has 0 radical (unpaired) electrons. The van der Waals surface area contributed by atoms with Crippen molar-refractivity contribution in [3.8, 4) is 0 Å². The molecular formula is C23H36N2O5S. The van der Waals surface area contributed by atoms with Crippen LogP contribution in [0.5, 0.6) is 0 Å². The van der Waals surface area contributed by atoms with Gasteiger partial charge in [-0.1, -0.05) is 75.8 Å². The van der Waals surface area contributed by atoms with Gasteiger partial charge < -0.3 is 29.7 Å². The second kappa shape index (κ2) is 12.2. The molecule has 0 bridgehead atoms. The number of nitrogens with zero attached hydrogens (tertiary/aromatic N) is 2. The maximum Gasteiger partial charge on any atom is 0.171 e. The van der Waals surface area contributed by atoms with Gasteiger partial charge in [-0.15, -0.1) is 0 Å². The van der Waals surface area contributed by atoms with E-state index < -0.39 is 36.5 Å². The first kappa shape index (κ1) is 24.5. The molecule has 1 aromatic carbocycles. The molecule has 31 heavy (non-hydrogen) atoms. The summed E-state index contributed by atoms with van der Waals surface area (Å²) in [6, 6.07) is 7.91. The largest absolute Gasteiger partial charge is 0.394 e. The average Bonchev–Trinajstić information content (AvgIpc) is 3.13. The molecule has 5 atom stereocenters. The van der Waals surface area contributed by atoms with Crippen LogP contribution in [0.4, 0.5) is 0 Å². The summed E-state index contributed by atoms with van der Waals surface area (Å²) in [7, 11) is 0. The minimum absolute atomic E-state index is 0.434. The molecule has 1 fully saturated rings. The van der Waals surface area contributed by atoms with Crippen LogP contribution < -0.4 is 0 Å². The second-order valence-electron chi connectivity index (χ2n) is 8.32. The number of ether oxygens (including phenoxy) is 1. The predicted octanol–water partition coefficient (Wildman–Crippen LogP) is 3.07. The minimum atomic E-state index is -1.38. The van der Waals surface area contributed by atoms with E-state index in [-0.39, 0.29) is 0 Å². The van der Waals surface area contributed by atoms with Crippen molar-refractivity contribution in [3.63, 3.8) is 0 Å². The number of imidazole rings is 1. The lowest BCUT2D eigenvalue weighted by molar-refractivity contribution is -0.205. The normalized spacial score (nSPS) is 26.5. The number of unbranched alkanes of at least 4 members (excludes halogenated alkanes) is 7. The third-order valence-corrected chi connectivity index (χ3v) is 7.07. The lowest BCUT2D eigenvalue weighted by Gasteiger charge is -2.39. The molecule has 0 spiro atoms. The molecule has 1 saturated heterocycles. The molecule has 0 amide bonds. The molecule has 4 N–H and O–H groups in total. The van der Waals surface area contributed by atoms with Gasteiger partial charge in [-0.25, -0.2) is 4.98 Å². The van der Waals surface area contributed by atoms with Crippen molar-refractivity contribution in [3.05, 3.63) is 24.3 Å². The number of aliphatic hydroxyl groups is 4. The number of para-hydroxylation sites is 2. The molecule has 2 aromatic rings. The Labute approximate surface area is 188 Å². The van der Waals surface area contributed by atoms with Crippen LogP contribution in [0.25, 0.3) is 11.0 Å². The molecule has 2 heterocycles. The summed E-state index contributed by atoms with van der Waals surface area (Å²) in [5.74, 6) is 0. The summed E-state index contributed by atoms with van der Waals surface area (Å²) >= 11 is 1.22. The Morgan fingerprint density at radius 3 is 2.32 bits per heavy atom. The molecule has 5 unspecified atom stereocenters. The van der Waals surface area contributed by atoms with E-state index in [0.717, 1.165) is 30.4 Å². The summed E-state index contributed by atoms with van der Waals surface area (Å²) < 4.78 is 7.81. The van der Waals surface area contributed by atoms with Crippen LogP contribution in [-0.2, 0) is 11.3 Å². The van der Waals surface area contributed by atoms with Gasteiger partial charge >= 0.3 is 0 Å². The fourth-order valence-electron chi connectivity index (χ4n) is 4.03. The smallest absolute Gasteiger partial charge is 0.171 e. The maximum absolute atomic E-state index is 10.4. The van der Waals surface area contributed by atoms with Gasteiger partial charge in [0.05, 0.1) is 17.6 Å². The number of thioether (sulfide) groups is 1. The first-order valence-corrected chi connectivity index (χ1v) is 12.4. The third-order valence-electron chi connectivity index (χ3n) is 5.92. The van der Waals surface area contributed by atoms with Crippen molar-refractivity contribution in [2.75, 3.05) is 6.61 Å². The van der Waals surface area contributed by atoms with Crippen LogP contribution in [0.15, 0.2) is 29.4 Å². The van der Waals surface area contributed by atoms with Gasteiger partial charge in [0.2, 0.25) is 0 Å². The zero-order valence-corrected chi connectivity index (χ0v) is 19.1. The molecule has 8 heteroatoms. The Kier molecular flexibility index (Phi) is 9.62. The molecule has 174 valence electrons. The highest BCUT2D eigenvalue weighted by Crippen LogP contribution is 2.34. The highest BCUT2D eigenvalue weighted by molar-refractivity contribution is 7.99. The molecule has 1 aliphatic heterocycles. The lowest BCUT2D eigenvalue weighted by atomic mass is 10.0. The summed E-state index contributed by atoms with van der Waals surface area (Å²) in [4.78, 5) is 4.71. The summed E-state index contributed by atoms with van der Waals surface area (Å²) in [6.45, 7) is 2.61. The van der Waals surface area contributed by atoms with Gasteiger partial charge in [0, 0.05) is 6.54 Å². The third kappa shape index (κ3) is 6.21. The Hall–Kier alpha value is -1.16. The van der Waals surface area contributed by atoms with E-state index in [4.69, 9.17) is 9.72 Å². The number of fused-ring (bicyclic) bond motifs is 1. The van der Waals surface area contributed by atoms with E-state index in [1.165, 1.54) is 50.3 Å². The van der Waals surface area contributed by atoms with Crippen molar-refractivity contribution >= 4 is 22.8 Å². The quantitative estimate of drug-likeness (QED) is 0.367. The first-order chi connectivity index (χ1) is 15.1. The Balaban J connectivity index is 1.65. The fraction of sp³-hybridized carbons (Fsp3) is 0.696. The molecule has 1 aliphatic rings. The average molecular weight is 453 g/mol. The number of aliphatic hydroxyl groups excluding tert-OH is 4. The predicted molar refractivity (Wildman–Crippen MR) is 122 cm³/mol. The zero-order chi connectivity index (χ0) is 22.2. The highest BCUT2D eigenvalue weighted by atomic mass is 32.2. The van der Waals surface area contributed by atoms with Crippen molar-refractivity contribution in [2.45, 2.75) is 99.8 Å². The van der Waals surface area contributed by atoms with Gasteiger partial charge in [0.1, 0.15) is 29.9 Å².